The number of halogens is 3. The van der Waals surface area contributed by atoms with Gasteiger partial charge in [0.05, 0.1) is 6.16 Å². The molecule has 140 valence electrons. The fraction of sp³-hybridized carbons (Fsp3) is 0.182. The molecule has 0 aliphatic heterocycles. The lowest BCUT2D eigenvalue weighted by Gasteiger charge is -2.28. The van der Waals surface area contributed by atoms with E-state index >= 15 is 0 Å². The van der Waals surface area contributed by atoms with Crippen molar-refractivity contribution in [3.63, 3.8) is 0 Å². The molecule has 3 aromatic rings. The highest BCUT2D eigenvalue weighted by molar-refractivity contribution is 7.95. The third-order valence-electron chi connectivity index (χ3n) is 4.71. The zero-order valence-corrected chi connectivity index (χ0v) is 15.6. The molecule has 0 unspecified atom stereocenters. The average Bonchev–Trinajstić information content (AvgIpc) is 2.70. The van der Waals surface area contributed by atoms with Gasteiger partial charge in [0.25, 0.3) is 0 Å². The van der Waals surface area contributed by atoms with Crippen LogP contribution in [0.5, 0.6) is 0 Å². The van der Waals surface area contributed by atoms with Crippen molar-refractivity contribution in [2.75, 3.05) is 6.16 Å². The molecule has 5 heteroatoms. The van der Waals surface area contributed by atoms with Gasteiger partial charge in [-0.15, -0.1) is 0 Å². The summed E-state index contributed by atoms with van der Waals surface area (Å²) in [6, 6.07) is 29.1. The summed E-state index contributed by atoms with van der Waals surface area (Å²) in [6.45, 7) is 0. The van der Waals surface area contributed by atoms with E-state index in [9.17, 15) is 18.3 Å². The van der Waals surface area contributed by atoms with Crippen LogP contribution >= 0.6 is 7.26 Å². The van der Waals surface area contributed by atoms with Crippen LogP contribution in [0.4, 0.5) is 13.2 Å². The average molecular weight is 389 g/mol. The molecule has 0 saturated heterocycles. The van der Waals surface area contributed by atoms with E-state index in [2.05, 4.69) is 0 Å². The van der Waals surface area contributed by atoms with E-state index in [1.165, 1.54) is 0 Å². The molecule has 0 aromatic heterocycles. The van der Waals surface area contributed by atoms with E-state index in [-0.39, 0.29) is 12.6 Å². The topological polar surface area (TPSA) is 20.2 Å². The van der Waals surface area contributed by atoms with Gasteiger partial charge >= 0.3 is 6.18 Å². The number of hydrogen-bond donors (Lipinski definition) is 1. The summed E-state index contributed by atoms with van der Waals surface area (Å²) in [6.07, 6.45) is -7.03. The van der Waals surface area contributed by atoms with E-state index < -0.39 is 19.5 Å². The zero-order valence-electron chi connectivity index (χ0n) is 14.7. The number of aliphatic hydroxyl groups excluding tert-OH is 1. The van der Waals surface area contributed by atoms with Gasteiger partial charge in [-0.1, -0.05) is 54.6 Å². The van der Waals surface area contributed by atoms with Gasteiger partial charge < -0.3 is 5.11 Å². The summed E-state index contributed by atoms with van der Waals surface area (Å²) in [5.41, 5.74) is 0. The van der Waals surface area contributed by atoms with Crippen LogP contribution in [0.1, 0.15) is 6.42 Å². The Morgan fingerprint density at radius 3 is 1.30 bits per heavy atom. The number of hydrogen-bond acceptors (Lipinski definition) is 1. The monoisotopic (exact) mass is 389 g/mol. The number of aliphatic hydroxyl groups is 1. The molecule has 3 rings (SSSR count). The Hall–Kier alpha value is -2.16. The molecule has 0 radical (unpaired) electrons. The maximum atomic E-state index is 13.0. The van der Waals surface area contributed by atoms with Crippen LogP contribution in [0.3, 0.4) is 0 Å². The van der Waals surface area contributed by atoms with Crippen LogP contribution in [0.25, 0.3) is 0 Å². The van der Waals surface area contributed by atoms with Gasteiger partial charge in [0.1, 0.15) is 23.2 Å². The van der Waals surface area contributed by atoms with E-state index in [0.29, 0.717) is 0 Å². The molecule has 0 amide bonds. The molecule has 3 aromatic carbocycles. The van der Waals surface area contributed by atoms with Crippen molar-refractivity contribution >= 4 is 23.2 Å². The van der Waals surface area contributed by atoms with Gasteiger partial charge in [-0.25, -0.2) is 0 Å². The fourth-order valence-corrected chi connectivity index (χ4v) is 7.71. The van der Waals surface area contributed by atoms with E-state index in [4.69, 9.17) is 0 Å². The standard InChI is InChI=1S/C22H21F3OP/c23-22(24,25)21(26)16-17-27(18-10-4-1-5-11-18,19-12-6-2-7-13-19)20-14-8-3-9-15-20/h1-15,21,26H,16-17H2/q+1/t21-/m1/s1. The summed E-state index contributed by atoms with van der Waals surface area (Å²) in [7, 11) is -2.34. The van der Waals surface area contributed by atoms with Gasteiger partial charge in [-0.05, 0) is 36.4 Å². The lowest BCUT2D eigenvalue weighted by Crippen LogP contribution is -2.36. The quantitative estimate of drug-likeness (QED) is 0.624. The zero-order chi connectivity index (χ0) is 19.3. The summed E-state index contributed by atoms with van der Waals surface area (Å²) < 4.78 is 39.0. The minimum atomic E-state index is -4.61. The summed E-state index contributed by atoms with van der Waals surface area (Å²) in [5, 5.41) is 12.7. The van der Waals surface area contributed by atoms with Crippen molar-refractivity contribution in [3.8, 4) is 0 Å². The van der Waals surface area contributed by atoms with E-state index in [1.807, 2.05) is 91.0 Å². The third-order valence-corrected chi connectivity index (χ3v) is 9.17. The van der Waals surface area contributed by atoms with Crippen molar-refractivity contribution in [1.82, 2.24) is 0 Å². The SMILES string of the molecule is O[C@H](CC[P+](c1ccccc1)(c1ccccc1)c1ccccc1)C(F)(F)F. The van der Waals surface area contributed by atoms with Crippen molar-refractivity contribution in [2.24, 2.45) is 0 Å². The minimum Gasteiger partial charge on any atom is -0.384 e. The van der Waals surface area contributed by atoms with Crippen molar-refractivity contribution in [3.05, 3.63) is 91.0 Å². The second kappa shape index (κ2) is 8.24. The first-order valence-electron chi connectivity index (χ1n) is 8.74. The Kier molecular flexibility index (Phi) is 5.98. The smallest absolute Gasteiger partial charge is 0.384 e. The van der Waals surface area contributed by atoms with Crippen molar-refractivity contribution in [1.29, 1.82) is 0 Å². The van der Waals surface area contributed by atoms with Crippen LogP contribution in [0.15, 0.2) is 91.0 Å². The minimum absolute atomic E-state index is 0.242. The molecule has 1 nitrogen and oxygen atoms in total. The molecule has 0 saturated carbocycles. The predicted molar refractivity (Wildman–Crippen MR) is 107 cm³/mol. The molecular formula is C22H21F3OP+. The van der Waals surface area contributed by atoms with Gasteiger partial charge in [0, 0.05) is 6.42 Å². The summed E-state index contributed by atoms with van der Waals surface area (Å²) >= 11 is 0. The van der Waals surface area contributed by atoms with Crippen molar-refractivity contribution < 1.29 is 18.3 Å². The van der Waals surface area contributed by atoms with Crippen LogP contribution in [0, 0.1) is 0 Å². The fourth-order valence-electron chi connectivity index (χ4n) is 3.36. The molecule has 0 spiro atoms. The Morgan fingerprint density at radius 1 is 0.667 bits per heavy atom. The molecular weight excluding hydrogens is 368 g/mol. The Balaban J connectivity index is 2.17. The Morgan fingerprint density at radius 2 is 1.00 bits per heavy atom. The molecule has 1 N–H and O–H groups in total. The first-order chi connectivity index (χ1) is 12.9. The van der Waals surface area contributed by atoms with Gasteiger partial charge in [-0.3, -0.25) is 0 Å². The second-order valence-corrected chi connectivity index (χ2v) is 10.0. The highest BCUT2D eigenvalue weighted by atomic mass is 31.2. The van der Waals surface area contributed by atoms with Crippen LogP contribution in [-0.4, -0.2) is 23.5 Å². The lowest BCUT2D eigenvalue weighted by molar-refractivity contribution is -0.203. The highest BCUT2D eigenvalue weighted by Gasteiger charge is 2.48. The normalized spacial score (nSPS) is 13.3. The predicted octanol–water partition coefficient (Wildman–Crippen LogP) is 4.29. The first kappa shape index (κ1) is 19.6. The number of rotatable bonds is 6. The van der Waals surface area contributed by atoms with Crippen LogP contribution < -0.4 is 15.9 Å². The van der Waals surface area contributed by atoms with Crippen LogP contribution in [0.2, 0.25) is 0 Å². The van der Waals surface area contributed by atoms with Gasteiger partial charge in [0.2, 0.25) is 0 Å². The Bertz CT molecular complexity index is 739. The first-order valence-corrected chi connectivity index (χ1v) is 10.7. The Labute approximate surface area is 157 Å². The largest absolute Gasteiger partial charge is 0.414 e. The maximum absolute atomic E-state index is 13.0. The molecule has 1 atom stereocenters. The van der Waals surface area contributed by atoms with Crippen molar-refractivity contribution in [2.45, 2.75) is 18.7 Å². The van der Waals surface area contributed by atoms with Gasteiger partial charge in [0.15, 0.2) is 6.10 Å². The number of benzene rings is 3. The lowest BCUT2D eigenvalue weighted by atomic mass is 10.3. The van der Waals surface area contributed by atoms with E-state index in [0.717, 1.165) is 15.9 Å². The summed E-state index contributed by atoms with van der Waals surface area (Å²) in [4.78, 5) is 0. The third kappa shape index (κ3) is 4.23. The van der Waals surface area contributed by atoms with E-state index in [1.54, 1.807) is 0 Å². The number of alkyl halides is 3. The molecule has 0 aliphatic carbocycles. The maximum Gasteiger partial charge on any atom is 0.414 e. The molecule has 0 heterocycles. The second-order valence-electron chi connectivity index (χ2n) is 6.39. The highest BCUT2D eigenvalue weighted by Crippen LogP contribution is 2.56. The molecule has 0 fully saturated rings. The summed E-state index contributed by atoms with van der Waals surface area (Å²) in [5.74, 6) is 0. The van der Waals surface area contributed by atoms with Crippen LogP contribution in [-0.2, 0) is 0 Å². The molecule has 27 heavy (non-hydrogen) atoms. The molecule has 0 aliphatic rings. The molecule has 0 bridgehead atoms. The van der Waals surface area contributed by atoms with Gasteiger partial charge in [-0.2, -0.15) is 13.2 Å².